The average Bonchev–Trinajstić information content (AvgIpc) is 2.47. The third-order valence-electron chi connectivity index (χ3n) is 4.30. The molecule has 5 heteroatoms. The van der Waals surface area contributed by atoms with Gasteiger partial charge in [-0.15, -0.1) is 0 Å². The van der Waals surface area contributed by atoms with E-state index in [1.54, 1.807) is 6.92 Å². The van der Waals surface area contributed by atoms with Gasteiger partial charge in [-0.3, -0.25) is 9.59 Å². The van der Waals surface area contributed by atoms with E-state index in [1.165, 1.54) is 0 Å². The van der Waals surface area contributed by atoms with Gasteiger partial charge in [0, 0.05) is 19.3 Å². The molecule has 1 aliphatic heterocycles. The number of carboxylic acids is 1. The molecule has 0 saturated carbocycles. The van der Waals surface area contributed by atoms with E-state index in [-0.39, 0.29) is 12.3 Å². The number of aliphatic carboxylic acids is 1. The highest BCUT2D eigenvalue weighted by atomic mass is 16.5. The first-order chi connectivity index (χ1) is 10.5. The van der Waals surface area contributed by atoms with E-state index in [1.807, 2.05) is 31.2 Å². The first kappa shape index (κ1) is 16.5. The second-order valence-electron chi connectivity index (χ2n) is 5.98. The van der Waals surface area contributed by atoms with E-state index in [0.29, 0.717) is 26.1 Å². The fraction of sp³-hybridized carbons (Fsp3) is 0.529. The summed E-state index contributed by atoms with van der Waals surface area (Å²) >= 11 is 0. The van der Waals surface area contributed by atoms with Gasteiger partial charge in [-0.2, -0.15) is 0 Å². The second kappa shape index (κ2) is 6.92. The van der Waals surface area contributed by atoms with E-state index < -0.39 is 17.4 Å². The topological polar surface area (TPSA) is 75.6 Å². The molecule has 0 aromatic heterocycles. The summed E-state index contributed by atoms with van der Waals surface area (Å²) in [5, 5.41) is 11.7. The number of rotatable bonds is 5. The highest BCUT2D eigenvalue weighted by Gasteiger charge is 2.42. The van der Waals surface area contributed by atoms with Crippen LogP contribution in [0.25, 0.3) is 0 Å². The molecule has 22 heavy (non-hydrogen) atoms. The SMILES string of the molecule is Cc1ccccc1C1(C(=O)NC(C)CC(=O)O)CCOCC1. The summed E-state index contributed by atoms with van der Waals surface area (Å²) in [7, 11) is 0. The molecule has 0 radical (unpaired) electrons. The van der Waals surface area contributed by atoms with Gasteiger partial charge < -0.3 is 15.2 Å². The maximum Gasteiger partial charge on any atom is 0.305 e. The van der Waals surface area contributed by atoms with Crippen LogP contribution in [0.15, 0.2) is 24.3 Å². The number of amides is 1. The van der Waals surface area contributed by atoms with E-state index in [0.717, 1.165) is 11.1 Å². The normalized spacial score (nSPS) is 18.5. The predicted molar refractivity (Wildman–Crippen MR) is 82.8 cm³/mol. The molecule has 1 fully saturated rings. The third kappa shape index (κ3) is 3.47. The Hall–Kier alpha value is -1.88. The Bertz CT molecular complexity index is 549. The van der Waals surface area contributed by atoms with Crippen molar-refractivity contribution < 1.29 is 19.4 Å². The molecule has 1 aromatic rings. The van der Waals surface area contributed by atoms with Crippen LogP contribution in [0.2, 0.25) is 0 Å². The molecule has 2 rings (SSSR count). The zero-order valence-electron chi connectivity index (χ0n) is 13.1. The van der Waals surface area contributed by atoms with E-state index in [4.69, 9.17) is 9.84 Å². The molecule has 1 aliphatic rings. The zero-order valence-corrected chi connectivity index (χ0v) is 13.1. The van der Waals surface area contributed by atoms with Crippen molar-refractivity contribution in [1.29, 1.82) is 0 Å². The Kier molecular flexibility index (Phi) is 5.19. The van der Waals surface area contributed by atoms with E-state index in [2.05, 4.69) is 5.32 Å². The zero-order chi connectivity index (χ0) is 16.2. The molecule has 1 unspecified atom stereocenters. The Morgan fingerprint density at radius 1 is 1.32 bits per heavy atom. The lowest BCUT2D eigenvalue weighted by molar-refractivity contribution is -0.138. The fourth-order valence-corrected chi connectivity index (χ4v) is 3.12. The van der Waals surface area contributed by atoms with Crippen molar-refractivity contribution in [3.8, 4) is 0 Å². The summed E-state index contributed by atoms with van der Waals surface area (Å²) < 4.78 is 5.43. The summed E-state index contributed by atoms with van der Waals surface area (Å²) in [6.45, 7) is 4.79. The van der Waals surface area contributed by atoms with Gasteiger partial charge >= 0.3 is 5.97 Å². The van der Waals surface area contributed by atoms with Crippen LogP contribution in [0.5, 0.6) is 0 Å². The first-order valence-electron chi connectivity index (χ1n) is 7.62. The number of ether oxygens (including phenoxy) is 1. The van der Waals surface area contributed by atoms with Gasteiger partial charge in [-0.05, 0) is 37.8 Å². The summed E-state index contributed by atoms with van der Waals surface area (Å²) in [5.41, 5.74) is 1.46. The third-order valence-corrected chi connectivity index (χ3v) is 4.30. The van der Waals surface area contributed by atoms with Crippen molar-refractivity contribution in [2.75, 3.05) is 13.2 Å². The Morgan fingerprint density at radius 2 is 1.95 bits per heavy atom. The van der Waals surface area contributed by atoms with Gasteiger partial charge in [-0.1, -0.05) is 24.3 Å². The summed E-state index contributed by atoms with van der Waals surface area (Å²) in [6.07, 6.45) is 1.15. The summed E-state index contributed by atoms with van der Waals surface area (Å²) in [6, 6.07) is 7.49. The second-order valence-corrected chi connectivity index (χ2v) is 5.98. The minimum absolute atomic E-state index is 0.0773. The standard InChI is InChI=1S/C17H23NO4/c1-12-5-3-4-6-14(12)17(7-9-22-10-8-17)16(21)18-13(2)11-15(19)20/h3-6,13H,7-11H2,1-2H3,(H,18,21)(H,19,20). The summed E-state index contributed by atoms with van der Waals surface area (Å²) in [5.74, 6) is -1.01. The van der Waals surface area contributed by atoms with Crippen molar-refractivity contribution in [1.82, 2.24) is 5.32 Å². The monoisotopic (exact) mass is 305 g/mol. The molecule has 1 aromatic carbocycles. The Morgan fingerprint density at radius 3 is 2.55 bits per heavy atom. The van der Waals surface area contributed by atoms with Crippen LogP contribution in [0.4, 0.5) is 0 Å². The molecule has 0 bridgehead atoms. The van der Waals surface area contributed by atoms with Gasteiger partial charge in [0.15, 0.2) is 0 Å². The lowest BCUT2D eigenvalue weighted by Gasteiger charge is -2.38. The number of carbonyl (C=O) groups excluding carboxylic acids is 1. The lowest BCUT2D eigenvalue weighted by Crippen LogP contribution is -2.51. The Balaban J connectivity index is 2.28. The van der Waals surface area contributed by atoms with Crippen molar-refractivity contribution in [2.24, 2.45) is 0 Å². The number of hydrogen-bond acceptors (Lipinski definition) is 3. The van der Waals surface area contributed by atoms with Crippen LogP contribution in [0.1, 0.15) is 37.3 Å². The van der Waals surface area contributed by atoms with Crippen LogP contribution in [-0.4, -0.2) is 36.2 Å². The van der Waals surface area contributed by atoms with Crippen LogP contribution >= 0.6 is 0 Å². The molecule has 1 atom stereocenters. The number of nitrogens with one attached hydrogen (secondary N) is 1. The van der Waals surface area contributed by atoms with Gasteiger partial charge in [0.1, 0.15) is 0 Å². The minimum Gasteiger partial charge on any atom is -0.481 e. The lowest BCUT2D eigenvalue weighted by atomic mass is 9.71. The number of hydrogen-bond donors (Lipinski definition) is 2. The van der Waals surface area contributed by atoms with Crippen molar-refractivity contribution in [3.05, 3.63) is 35.4 Å². The highest BCUT2D eigenvalue weighted by Crippen LogP contribution is 2.37. The van der Waals surface area contributed by atoms with Gasteiger partial charge in [0.25, 0.3) is 0 Å². The number of carboxylic acid groups (broad SMARTS) is 1. The molecule has 120 valence electrons. The van der Waals surface area contributed by atoms with Crippen molar-refractivity contribution in [3.63, 3.8) is 0 Å². The molecule has 0 spiro atoms. The average molecular weight is 305 g/mol. The van der Waals surface area contributed by atoms with Crippen LogP contribution in [-0.2, 0) is 19.7 Å². The van der Waals surface area contributed by atoms with Crippen molar-refractivity contribution >= 4 is 11.9 Å². The van der Waals surface area contributed by atoms with Crippen molar-refractivity contribution in [2.45, 2.75) is 44.6 Å². The van der Waals surface area contributed by atoms with Gasteiger partial charge in [0.2, 0.25) is 5.91 Å². The maximum absolute atomic E-state index is 12.9. The largest absolute Gasteiger partial charge is 0.481 e. The minimum atomic E-state index is -0.912. The first-order valence-corrected chi connectivity index (χ1v) is 7.62. The van der Waals surface area contributed by atoms with Gasteiger partial charge in [-0.25, -0.2) is 0 Å². The maximum atomic E-state index is 12.9. The molecular formula is C17H23NO4. The summed E-state index contributed by atoms with van der Waals surface area (Å²) in [4.78, 5) is 23.7. The van der Waals surface area contributed by atoms with E-state index in [9.17, 15) is 9.59 Å². The number of aryl methyl sites for hydroxylation is 1. The van der Waals surface area contributed by atoms with E-state index >= 15 is 0 Å². The smallest absolute Gasteiger partial charge is 0.305 e. The number of benzene rings is 1. The molecule has 2 N–H and O–H groups in total. The predicted octanol–water partition coefficient (Wildman–Crippen LogP) is 2.02. The van der Waals surface area contributed by atoms with Gasteiger partial charge in [0.05, 0.1) is 11.8 Å². The highest BCUT2D eigenvalue weighted by molar-refractivity contribution is 5.89. The molecule has 1 saturated heterocycles. The molecular weight excluding hydrogens is 282 g/mol. The molecule has 5 nitrogen and oxygen atoms in total. The quantitative estimate of drug-likeness (QED) is 0.872. The molecule has 1 amide bonds. The Labute approximate surface area is 130 Å². The number of carbonyl (C=O) groups is 2. The molecule has 0 aliphatic carbocycles. The molecule has 1 heterocycles. The van der Waals surface area contributed by atoms with Crippen LogP contribution in [0, 0.1) is 6.92 Å². The van der Waals surface area contributed by atoms with Crippen LogP contribution in [0.3, 0.4) is 0 Å². The fourth-order valence-electron chi connectivity index (χ4n) is 3.12. The van der Waals surface area contributed by atoms with Crippen LogP contribution < -0.4 is 5.32 Å².